The van der Waals surface area contributed by atoms with E-state index >= 15 is 0 Å². The second-order valence-corrected chi connectivity index (χ2v) is 4.34. The molecule has 1 aliphatic carbocycles. The lowest BCUT2D eigenvalue weighted by atomic mass is 9.85. The van der Waals surface area contributed by atoms with Crippen molar-refractivity contribution in [2.75, 3.05) is 13.1 Å². The second-order valence-electron chi connectivity index (χ2n) is 4.34. The molecule has 0 unspecified atom stereocenters. The molecule has 0 amide bonds. The fourth-order valence-electron chi connectivity index (χ4n) is 2.00. The van der Waals surface area contributed by atoms with Crippen molar-refractivity contribution >= 4 is 0 Å². The summed E-state index contributed by atoms with van der Waals surface area (Å²) >= 11 is 0. The molecule has 0 heterocycles. The maximum absolute atomic E-state index is 12.8. The summed E-state index contributed by atoms with van der Waals surface area (Å²) in [5, 5.41) is 3.32. The van der Waals surface area contributed by atoms with E-state index in [9.17, 15) is 8.78 Å². The van der Waals surface area contributed by atoms with Gasteiger partial charge in [0.15, 0.2) is 0 Å². The fraction of sp³-hybridized carbons (Fsp3) is 1.00. The standard InChI is InChI=1S/C11H21F2N/c1-2-8-14-9-5-10-3-6-11(12,13)7-4-10/h10,14H,2-9H2,1H3. The third kappa shape index (κ3) is 4.36. The lowest BCUT2D eigenvalue weighted by Gasteiger charge is -2.28. The Morgan fingerprint density at radius 3 is 2.43 bits per heavy atom. The van der Waals surface area contributed by atoms with Gasteiger partial charge in [-0.05, 0) is 44.7 Å². The molecule has 1 rings (SSSR count). The van der Waals surface area contributed by atoms with Gasteiger partial charge in [0.1, 0.15) is 0 Å². The number of halogens is 2. The molecule has 1 aliphatic rings. The van der Waals surface area contributed by atoms with Crippen LogP contribution in [0.4, 0.5) is 8.78 Å². The van der Waals surface area contributed by atoms with Gasteiger partial charge in [-0.1, -0.05) is 6.92 Å². The number of alkyl halides is 2. The molecule has 0 aromatic heterocycles. The van der Waals surface area contributed by atoms with E-state index in [-0.39, 0.29) is 12.8 Å². The van der Waals surface area contributed by atoms with Crippen molar-refractivity contribution in [3.05, 3.63) is 0 Å². The third-order valence-electron chi connectivity index (χ3n) is 2.99. The molecule has 1 nitrogen and oxygen atoms in total. The monoisotopic (exact) mass is 205 g/mol. The van der Waals surface area contributed by atoms with E-state index in [0.29, 0.717) is 18.8 Å². The summed E-state index contributed by atoms with van der Waals surface area (Å²) in [6.07, 6.45) is 3.83. The summed E-state index contributed by atoms with van der Waals surface area (Å²) in [5.74, 6) is -1.84. The van der Waals surface area contributed by atoms with Crippen LogP contribution in [0.15, 0.2) is 0 Å². The Bertz CT molecular complexity index is 149. The quantitative estimate of drug-likeness (QED) is 0.680. The van der Waals surface area contributed by atoms with Crippen LogP contribution in [-0.2, 0) is 0 Å². The topological polar surface area (TPSA) is 12.0 Å². The molecule has 0 aliphatic heterocycles. The third-order valence-corrected chi connectivity index (χ3v) is 2.99. The van der Waals surface area contributed by atoms with Crippen molar-refractivity contribution in [1.29, 1.82) is 0 Å². The van der Waals surface area contributed by atoms with Crippen LogP contribution in [0.25, 0.3) is 0 Å². The van der Waals surface area contributed by atoms with Crippen LogP contribution in [0.3, 0.4) is 0 Å². The highest BCUT2D eigenvalue weighted by atomic mass is 19.3. The molecule has 1 fully saturated rings. The minimum atomic E-state index is -2.37. The summed E-state index contributed by atoms with van der Waals surface area (Å²) in [6, 6.07) is 0. The summed E-state index contributed by atoms with van der Waals surface area (Å²) < 4.78 is 25.6. The highest BCUT2D eigenvalue weighted by molar-refractivity contribution is 4.77. The van der Waals surface area contributed by atoms with Crippen LogP contribution >= 0.6 is 0 Å². The zero-order chi connectivity index (χ0) is 10.4. The highest BCUT2D eigenvalue weighted by Gasteiger charge is 2.34. The van der Waals surface area contributed by atoms with E-state index in [1.165, 1.54) is 0 Å². The Morgan fingerprint density at radius 2 is 1.86 bits per heavy atom. The Hall–Kier alpha value is -0.180. The lowest BCUT2D eigenvalue weighted by molar-refractivity contribution is -0.0464. The number of rotatable bonds is 5. The molecule has 0 aromatic rings. The van der Waals surface area contributed by atoms with E-state index in [1.807, 2.05) is 0 Å². The predicted octanol–water partition coefficient (Wildman–Crippen LogP) is 3.20. The molecule has 1 saturated carbocycles. The van der Waals surface area contributed by atoms with Crippen LogP contribution in [0.5, 0.6) is 0 Å². The molecule has 14 heavy (non-hydrogen) atoms. The van der Waals surface area contributed by atoms with Gasteiger partial charge in [-0.25, -0.2) is 8.78 Å². The van der Waals surface area contributed by atoms with Gasteiger partial charge in [-0.15, -0.1) is 0 Å². The van der Waals surface area contributed by atoms with E-state index in [2.05, 4.69) is 12.2 Å². The first-order valence-corrected chi connectivity index (χ1v) is 5.72. The van der Waals surface area contributed by atoms with Gasteiger partial charge in [0.25, 0.3) is 0 Å². The molecule has 0 atom stereocenters. The van der Waals surface area contributed by atoms with Gasteiger partial charge in [0, 0.05) is 12.8 Å². The molecule has 0 spiro atoms. The molecule has 3 heteroatoms. The van der Waals surface area contributed by atoms with E-state index in [0.717, 1.165) is 25.9 Å². The molecule has 84 valence electrons. The SMILES string of the molecule is CCCNCCC1CCC(F)(F)CC1. The van der Waals surface area contributed by atoms with Crippen molar-refractivity contribution in [3.8, 4) is 0 Å². The van der Waals surface area contributed by atoms with Gasteiger partial charge in [-0.2, -0.15) is 0 Å². The first-order chi connectivity index (χ1) is 6.64. The van der Waals surface area contributed by atoms with E-state index < -0.39 is 5.92 Å². The zero-order valence-corrected chi connectivity index (χ0v) is 8.99. The van der Waals surface area contributed by atoms with Gasteiger partial charge >= 0.3 is 0 Å². The van der Waals surface area contributed by atoms with Crippen molar-refractivity contribution in [3.63, 3.8) is 0 Å². The Labute approximate surface area is 85.3 Å². The van der Waals surface area contributed by atoms with E-state index in [1.54, 1.807) is 0 Å². The van der Waals surface area contributed by atoms with Gasteiger partial charge in [0.2, 0.25) is 5.92 Å². The van der Waals surface area contributed by atoms with Crippen molar-refractivity contribution in [1.82, 2.24) is 5.32 Å². The first-order valence-electron chi connectivity index (χ1n) is 5.72. The highest BCUT2D eigenvalue weighted by Crippen LogP contribution is 2.37. The summed E-state index contributed by atoms with van der Waals surface area (Å²) in [4.78, 5) is 0. The lowest BCUT2D eigenvalue weighted by Crippen LogP contribution is -2.27. The van der Waals surface area contributed by atoms with Crippen LogP contribution in [0, 0.1) is 5.92 Å². The molecule has 0 bridgehead atoms. The average Bonchev–Trinajstić information content (AvgIpc) is 2.15. The molecule has 1 N–H and O–H groups in total. The molecule has 0 aromatic carbocycles. The van der Waals surface area contributed by atoms with Gasteiger partial charge in [-0.3, -0.25) is 0 Å². The maximum Gasteiger partial charge on any atom is 0.248 e. The minimum Gasteiger partial charge on any atom is -0.317 e. The van der Waals surface area contributed by atoms with E-state index in [4.69, 9.17) is 0 Å². The predicted molar refractivity (Wildman–Crippen MR) is 54.7 cm³/mol. The summed E-state index contributed by atoms with van der Waals surface area (Å²) in [7, 11) is 0. The Kier molecular flexibility index (Phi) is 4.79. The smallest absolute Gasteiger partial charge is 0.248 e. The van der Waals surface area contributed by atoms with Crippen molar-refractivity contribution < 1.29 is 8.78 Å². The minimum absolute atomic E-state index is 0.103. The maximum atomic E-state index is 12.8. The van der Waals surface area contributed by atoms with Crippen LogP contribution in [-0.4, -0.2) is 19.0 Å². The number of nitrogens with one attached hydrogen (secondary N) is 1. The van der Waals surface area contributed by atoms with Gasteiger partial charge < -0.3 is 5.32 Å². The second kappa shape index (κ2) is 5.64. The summed E-state index contributed by atoms with van der Waals surface area (Å²) in [6.45, 7) is 4.17. The molecule has 0 radical (unpaired) electrons. The van der Waals surface area contributed by atoms with Crippen LogP contribution in [0.2, 0.25) is 0 Å². The number of hydrogen-bond acceptors (Lipinski definition) is 1. The Morgan fingerprint density at radius 1 is 1.21 bits per heavy atom. The first kappa shape index (κ1) is 11.9. The molecule has 0 saturated heterocycles. The number of hydrogen-bond donors (Lipinski definition) is 1. The van der Waals surface area contributed by atoms with Gasteiger partial charge in [0.05, 0.1) is 0 Å². The Balaban J connectivity index is 2.04. The largest absolute Gasteiger partial charge is 0.317 e. The normalized spacial score (nSPS) is 22.5. The zero-order valence-electron chi connectivity index (χ0n) is 8.99. The average molecular weight is 205 g/mol. The van der Waals surface area contributed by atoms with Crippen molar-refractivity contribution in [2.45, 2.75) is 51.4 Å². The van der Waals surface area contributed by atoms with Crippen molar-refractivity contribution in [2.24, 2.45) is 5.92 Å². The fourth-order valence-corrected chi connectivity index (χ4v) is 2.00. The molecular weight excluding hydrogens is 184 g/mol. The van der Waals surface area contributed by atoms with Crippen LogP contribution in [0.1, 0.15) is 45.4 Å². The molecular formula is C11H21F2N. The van der Waals surface area contributed by atoms with Crippen LogP contribution < -0.4 is 5.32 Å². The summed E-state index contributed by atoms with van der Waals surface area (Å²) in [5.41, 5.74) is 0.